The lowest BCUT2D eigenvalue weighted by Gasteiger charge is -2.32. The Bertz CT molecular complexity index is 1280. The fraction of sp³-hybridized carbons (Fsp3) is 0.231. The number of aryl methyl sites for hydroxylation is 1. The summed E-state index contributed by atoms with van der Waals surface area (Å²) in [6, 6.07) is 20.9. The number of rotatable bonds is 9. The molecule has 35 heavy (non-hydrogen) atoms. The van der Waals surface area contributed by atoms with Crippen molar-refractivity contribution in [2.24, 2.45) is 0 Å². The number of nitrogens with one attached hydrogen (secondary N) is 1. The Morgan fingerprint density at radius 3 is 2.14 bits per heavy atom. The average Bonchev–Trinajstić information content (AvgIpc) is 2.86. The monoisotopic (exact) mass is 513 g/mol. The van der Waals surface area contributed by atoms with Gasteiger partial charge in [-0.3, -0.25) is 13.9 Å². The topological polar surface area (TPSA) is 86.8 Å². The second-order valence-corrected chi connectivity index (χ2v) is 10.3. The van der Waals surface area contributed by atoms with E-state index in [1.165, 1.54) is 36.2 Å². The van der Waals surface area contributed by atoms with Crippen LogP contribution in [0.5, 0.6) is 0 Å². The van der Waals surface area contributed by atoms with Crippen LogP contribution in [0.3, 0.4) is 0 Å². The van der Waals surface area contributed by atoms with E-state index in [1.807, 2.05) is 31.2 Å². The number of likely N-dealkylation sites (N-methyl/N-ethyl adjacent to an activating group) is 1. The van der Waals surface area contributed by atoms with Gasteiger partial charge < -0.3 is 10.2 Å². The number of carbonyl (C=O) groups is 2. The molecule has 0 aliphatic rings. The highest BCUT2D eigenvalue weighted by molar-refractivity contribution is 7.92. The van der Waals surface area contributed by atoms with E-state index in [-0.39, 0.29) is 17.3 Å². The number of carbonyl (C=O) groups excluding carboxylic acids is 2. The van der Waals surface area contributed by atoms with Crippen molar-refractivity contribution in [1.82, 2.24) is 10.2 Å². The number of hydrogen-bond acceptors (Lipinski definition) is 4. The van der Waals surface area contributed by atoms with Crippen molar-refractivity contribution in [3.05, 3.63) is 95.0 Å². The van der Waals surface area contributed by atoms with E-state index in [0.29, 0.717) is 10.7 Å². The van der Waals surface area contributed by atoms with Crippen molar-refractivity contribution >= 4 is 39.1 Å². The van der Waals surface area contributed by atoms with Gasteiger partial charge in [-0.1, -0.05) is 54.1 Å². The summed E-state index contributed by atoms with van der Waals surface area (Å²) >= 11 is 5.95. The molecule has 0 fully saturated rings. The first kappa shape index (κ1) is 26.2. The highest BCUT2D eigenvalue weighted by Crippen LogP contribution is 2.25. The standard InChI is InChI=1S/C26H28ClN3O4S/c1-19-9-7-8-10-21(19)17-29(20(2)26(32)28-3)25(31)18-30(23-11-5-4-6-12-23)35(33,34)24-15-13-22(27)14-16-24/h4-16,20H,17-18H2,1-3H3,(H,28,32). The number of anilines is 1. The van der Waals surface area contributed by atoms with Crippen molar-refractivity contribution in [3.63, 3.8) is 0 Å². The molecule has 3 aromatic rings. The Hall–Kier alpha value is -3.36. The molecule has 3 rings (SSSR count). The first-order valence-corrected chi connectivity index (χ1v) is 12.9. The van der Waals surface area contributed by atoms with E-state index in [9.17, 15) is 18.0 Å². The van der Waals surface area contributed by atoms with Gasteiger partial charge in [0.2, 0.25) is 11.8 Å². The van der Waals surface area contributed by atoms with E-state index in [0.717, 1.165) is 15.4 Å². The molecular formula is C26H28ClN3O4S. The molecule has 184 valence electrons. The van der Waals surface area contributed by atoms with Gasteiger partial charge in [-0.05, 0) is 61.4 Å². The van der Waals surface area contributed by atoms with Crippen LogP contribution in [0.1, 0.15) is 18.1 Å². The molecule has 0 aliphatic carbocycles. The summed E-state index contributed by atoms with van der Waals surface area (Å²) in [6.07, 6.45) is 0. The van der Waals surface area contributed by atoms with Gasteiger partial charge in [-0.25, -0.2) is 8.42 Å². The van der Waals surface area contributed by atoms with Crippen LogP contribution in [0.4, 0.5) is 5.69 Å². The molecule has 1 atom stereocenters. The number of benzene rings is 3. The smallest absolute Gasteiger partial charge is 0.264 e. The molecule has 0 aliphatic heterocycles. The molecule has 0 saturated carbocycles. The molecule has 0 bridgehead atoms. The molecule has 2 amide bonds. The Kier molecular flexibility index (Phi) is 8.53. The summed E-state index contributed by atoms with van der Waals surface area (Å²) in [5.74, 6) is -0.857. The highest BCUT2D eigenvalue weighted by atomic mass is 35.5. The number of sulfonamides is 1. The van der Waals surface area contributed by atoms with Crippen LogP contribution in [-0.4, -0.2) is 44.8 Å². The molecule has 0 saturated heterocycles. The summed E-state index contributed by atoms with van der Waals surface area (Å²) < 4.78 is 28.3. The Balaban J connectivity index is 2.01. The molecule has 9 heteroatoms. The SMILES string of the molecule is CNC(=O)C(C)N(Cc1ccccc1C)C(=O)CN(c1ccccc1)S(=O)(=O)c1ccc(Cl)cc1. The van der Waals surface area contributed by atoms with Gasteiger partial charge in [0.1, 0.15) is 12.6 Å². The lowest BCUT2D eigenvalue weighted by atomic mass is 10.1. The summed E-state index contributed by atoms with van der Waals surface area (Å²) in [5.41, 5.74) is 2.16. The second-order valence-electron chi connectivity index (χ2n) is 8.04. The molecule has 7 nitrogen and oxygen atoms in total. The van der Waals surface area contributed by atoms with Crippen molar-refractivity contribution in [3.8, 4) is 0 Å². The fourth-order valence-corrected chi connectivity index (χ4v) is 5.16. The first-order chi connectivity index (χ1) is 16.6. The molecular weight excluding hydrogens is 486 g/mol. The minimum Gasteiger partial charge on any atom is -0.357 e. The zero-order chi connectivity index (χ0) is 25.6. The van der Waals surface area contributed by atoms with Crippen molar-refractivity contribution in [2.75, 3.05) is 17.9 Å². The zero-order valence-corrected chi connectivity index (χ0v) is 21.4. The molecule has 0 radical (unpaired) electrons. The second kappa shape index (κ2) is 11.4. The van der Waals surface area contributed by atoms with Crippen molar-refractivity contribution in [2.45, 2.75) is 31.3 Å². The van der Waals surface area contributed by atoms with Gasteiger partial charge in [0.15, 0.2) is 0 Å². The predicted molar refractivity (Wildman–Crippen MR) is 138 cm³/mol. The van der Waals surface area contributed by atoms with E-state index < -0.39 is 28.5 Å². The number of nitrogens with zero attached hydrogens (tertiary/aromatic N) is 2. The number of amides is 2. The van der Waals surface area contributed by atoms with Crippen LogP contribution >= 0.6 is 11.6 Å². The number of hydrogen-bond donors (Lipinski definition) is 1. The van der Waals surface area contributed by atoms with Gasteiger partial charge >= 0.3 is 0 Å². The summed E-state index contributed by atoms with van der Waals surface area (Å²) in [4.78, 5) is 27.5. The largest absolute Gasteiger partial charge is 0.357 e. The van der Waals surface area contributed by atoms with Crippen LogP contribution in [0.2, 0.25) is 5.02 Å². The van der Waals surface area contributed by atoms with E-state index in [4.69, 9.17) is 11.6 Å². The lowest BCUT2D eigenvalue weighted by Crippen LogP contribution is -2.50. The highest BCUT2D eigenvalue weighted by Gasteiger charge is 2.32. The Morgan fingerprint density at radius 1 is 0.943 bits per heavy atom. The average molecular weight is 514 g/mol. The molecule has 1 N–H and O–H groups in total. The molecule has 0 aromatic heterocycles. The quantitative estimate of drug-likeness (QED) is 0.468. The third kappa shape index (κ3) is 6.21. The molecule has 1 unspecified atom stereocenters. The summed E-state index contributed by atoms with van der Waals surface area (Å²) in [6.45, 7) is 3.21. The molecule has 3 aromatic carbocycles. The Morgan fingerprint density at radius 2 is 1.54 bits per heavy atom. The van der Waals surface area contributed by atoms with Crippen LogP contribution in [-0.2, 0) is 26.2 Å². The van der Waals surface area contributed by atoms with Crippen LogP contribution in [0.15, 0.2) is 83.8 Å². The van der Waals surface area contributed by atoms with Crippen LogP contribution in [0, 0.1) is 6.92 Å². The van der Waals surface area contributed by atoms with Gasteiger partial charge in [0.05, 0.1) is 10.6 Å². The predicted octanol–water partition coefficient (Wildman–Crippen LogP) is 4.01. The fourth-order valence-electron chi connectivity index (χ4n) is 3.62. The van der Waals surface area contributed by atoms with Crippen LogP contribution in [0.25, 0.3) is 0 Å². The van der Waals surface area contributed by atoms with Crippen LogP contribution < -0.4 is 9.62 Å². The number of halogens is 1. The number of para-hydroxylation sites is 1. The summed E-state index contributed by atoms with van der Waals surface area (Å²) in [7, 11) is -2.61. The van der Waals surface area contributed by atoms with Gasteiger partial charge in [0.25, 0.3) is 10.0 Å². The normalized spacial score (nSPS) is 12.0. The minimum atomic E-state index is -4.11. The maximum absolute atomic E-state index is 13.7. The van der Waals surface area contributed by atoms with Crippen molar-refractivity contribution < 1.29 is 18.0 Å². The van der Waals surface area contributed by atoms with E-state index >= 15 is 0 Å². The maximum Gasteiger partial charge on any atom is 0.264 e. The third-order valence-electron chi connectivity index (χ3n) is 5.74. The van der Waals surface area contributed by atoms with Crippen molar-refractivity contribution in [1.29, 1.82) is 0 Å². The Labute approximate surface area is 211 Å². The van der Waals surface area contributed by atoms with E-state index in [1.54, 1.807) is 37.3 Å². The zero-order valence-electron chi connectivity index (χ0n) is 19.8. The molecule has 0 spiro atoms. The minimum absolute atomic E-state index is 0.00311. The maximum atomic E-state index is 13.7. The first-order valence-electron chi connectivity index (χ1n) is 11.0. The third-order valence-corrected chi connectivity index (χ3v) is 7.78. The lowest BCUT2D eigenvalue weighted by molar-refractivity contribution is -0.139. The summed E-state index contributed by atoms with van der Waals surface area (Å²) in [5, 5.41) is 2.97. The van der Waals surface area contributed by atoms with Gasteiger partial charge in [-0.2, -0.15) is 0 Å². The van der Waals surface area contributed by atoms with Gasteiger partial charge in [0, 0.05) is 18.6 Å². The molecule has 0 heterocycles. The van der Waals surface area contributed by atoms with Gasteiger partial charge in [-0.15, -0.1) is 0 Å². The van der Waals surface area contributed by atoms with E-state index in [2.05, 4.69) is 5.32 Å².